The fourth-order valence-corrected chi connectivity index (χ4v) is 10.4. The summed E-state index contributed by atoms with van der Waals surface area (Å²) < 4.78 is 11.3. The quantitative estimate of drug-likeness (QED) is 0.160. The molecule has 0 N–H and O–H groups in total. The number of para-hydroxylation sites is 4. The molecule has 0 fully saturated rings. The highest BCUT2D eigenvalue weighted by atomic mass is 16.3. The highest BCUT2D eigenvalue weighted by Crippen LogP contribution is 2.41. The molecule has 0 aliphatic heterocycles. The van der Waals surface area contributed by atoms with Crippen molar-refractivity contribution < 1.29 is 4.42 Å². The van der Waals surface area contributed by atoms with E-state index in [2.05, 4.69) is 173 Å². The van der Waals surface area contributed by atoms with Gasteiger partial charge in [0.2, 0.25) is 0 Å². The number of hydrogen-bond donors (Lipinski definition) is 0. The van der Waals surface area contributed by atoms with Crippen molar-refractivity contribution in [2.75, 3.05) is 0 Å². The van der Waals surface area contributed by atoms with E-state index in [0.29, 0.717) is 17.5 Å². The van der Waals surface area contributed by atoms with E-state index < -0.39 is 0 Å². The molecule has 4 aromatic heterocycles. The Labute approximate surface area is 396 Å². The maximum absolute atomic E-state index is 6.49. The molecule has 0 saturated heterocycles. The monoisotopic (exact) mass is 881 g/mol. The van der Waals surface area contributed by atoms with Crippen molar-refractivity contribution in [3.63, 3.8) is 0 Å². The first kappa shape index (κ1) is 38.8. The summed E-state index contributed by atoms with van der Waals surface area (Å²) in [6.07, 6.45) is 0. The van der Waals surface area contributed by atoms with Crippen LogP contribution in [-0.4, -0.2) is 24.1 Å². The van der Waals surface area contributed by atoms with Crippen molar-refractivity contribution in [2.45, 2.75) is 0 Å². The van der Waals surface area contributed by atoms with Gasteiger partial charge in [-0.25, -0.2) is 15.0 Å². The number of benzene rings is 10. The third kappa shape index (κ3) is 6.38. The van der Waals surface area contributed by atoms with Crippen LogP contribution in [0.15, 0.2) is 241 Å². The smallest absolute Gasteiger partial charge is 0.164 e. The average molecular weight is 882 g/mol. The second-order valence-electron chi connectivity index (χ2n) is 17.6. The predicted octanol–water partition coefficient (Wildman–Crippen LogP) is 16.3. The van der Waals surface area contributed by atoms with Gasteiger partial charge >= 0.3 is 0 Å². The molecule has 0 atom stereocenters. The molecule has 6 heteroatoms. The Kier molecular flexibility index (Phi) is 8.79. The van der Waals surface area contributed by atoms with Crippen LogP contribution in [0.25, 0.3) is 133 Å². The molecule has 0 aliphatic carbocycles. The van der Waals surface area contributed by atoms with Crippen LogP contribution in [0.1, 0.15) is 0 Å². The summed E-state index contributed by atoms with van der Waals surface area (Å²) in [5.41, 5.74) is 15.8. The third-order valence-electron chi connectivity index (χ3n) is 13.6. The molecule has 0 amide bonds. The topological polar surface area (TPSA) is 61.7 Å². The van der Waals surface area contributed by atoms with Crippen molar-refractivity contribution in [3.8, 4) is 67.8 Å². The van der Waals surface area contributed by atoms with Crippen LogP contribution in [0, 0.1) is 0 Å². The maximum atomic E-state index is 6.49. The second kappa shape index (κ2) is 15.6. The highest BCUT2D eigenvalue weighted by Gasteiger charge is 2.20. The van der Waals surface area contributed by atoms with Gasteiger partial charge in [-0.3, -0.25) is 0 Å². The first-order chi connectivity index (χ1) is 34.2. The number of nitrogens with zero attached hydrogens (tertiary/aromatic N) is 5. The average Bonchev–Trinajstić information content (AvgIpc) is 4.09. The lowest BCUT2D eigenvalue weighted by molar-refractivity contribution is 0.670. The fourth-order valence-electron chi connectivity index (χ4n) is 10.4. The molecule has 0 radical (unpaired) electrons. The van der Waals surface area contributed by atoms with Crippen molar-refractivity contribution in [2.24, 2.45) is 0 Å². The summed E-state index contributed by atoms with van der Waals surface area (Å²) >= 11 is 0. The number of hydrogen-bond acceptors (Lipinski definition) is 4. The molecular formula is C63H39N5O. The molecule has 0 spiro atoms. The Hall–Kier alpha value is -9.39. The Bertz CT molecular complexity index is 4260. The van der Waals surface area contributed by atoms with E-state index in [1.165, 1.54) is 21.5 Å². The Balaban J connectivity index is 0.870. The van der Waals surface area contributed by atoms with Crippen molar-refractivity contribution in [3.05, 3.63) is 237 Å². The molecule has 0 bridgehead atoms. The van der Waals surface area contributed by atoms with Gasteiger partial charge in [0.1, 0.15) is 11.2 Å². The molecule has 14 aromatic rings. The first-order valence-corrected chi connectivity index (χ1v) is 23.3. The van der Waals surface area contributed by atoms with Gasteiger partial charge < -0.3 is 13.6 Å². The van der Waals surface area contributed by atoms with Crippen LogP contribution in [-0.2, 0) is 0 Å². The largest absolute Gasteiger partial charge is 0.455 e. The van der Waals surface area contributed by atoms with Gasteiger partial charge in [0.05, 0.1) is 22.1 Å². The van der Waals surface area contributed by atoms with Crippen LogP contribution in [0.3, 0.4) is 0 Å². The normalized spacial score (nSPS) is 11.8. The summed E-state index contributed by atoms with van der Waals surface area (Å²) in [6, 6.07) is 83.5. The molecular weight excluding hydrogens is 843 g/mol. The van der Waals surface area contributed by atoms with E-state index in [9.17, 15) is 0 Å². The molecule has 0 unspecified atom stereocenters. The highest BCUT2D eigenvalue weighted by molar-refractivity contribution is 6.14. The molecule has 69 heavy (non-hydrogen) atoms. The van der Waals surface area contributed by atoms with E-state index in [-0.39, 0.29) is 0 Å². The fraction of sp³-hybridized carbons (Fsp3) is 0. The van der Waals surface area contributed by atoms with E-state index in [4.69, 9.17) is 19.4 Å². The maximum Gasteiger partial charge on any atom is 0.164 e. The summed E-state index contributed by atoms with van der Waals surface area (Å²) in [4.78, 5) is 15.0. The molecule has 10 aromatic carbocycles. The van der Waals surface area contributed by atoms with Crippen LogP contribution < -0.4 is 0 Å². The van der Waals surface area contributed by atoms with Gasteiger partial charge in [-0.2, -0.15) is 0 Å². The first-order valence-electron chi connectivity index (χ1n) is 23.3. The molecule has 4 heterocycles. The van der Waals surface area contributed by atoms with E-state index >= 15 is 0 Å². The second-order valence-corrected chi connectivity index (χ2v) is 17.6. The Morgan fingerprint density at radius 3 is 1.45 bits per heavy atom. The van der Waals surface area contributed by atoms with E-state index in [0.717, 1.165) is 94.3 Å². The molecule has 14 rings (SSSR count). The van der Waals surface area contributed by atoms with Crippen molar-refractivity contribution in [1.29, 1.82) is 0 Å². The van der Waals surface area contributed by atoms with Crippen molar-refractivity contribution >= 4 is 65.6 Å². The minimum absolute atomic E-state index is 0.628. The summed E-state index contributed by atoms with van der Waals surface area (Å²) in [5.74, 6) is 1.91. The van der Waals surface area contributed by atoms with Crippen LogP contribution in [0.5, 0.6) is 0 Å². The minimum Gasteiger partial charge on any atom is -0.455 e. The Morgan fingerprint density at radius 2 is 0.754 bits per heavy atom. The minimum atomic E-state index is 0.628. The molecule has 0 saturated carbocycles. The molecule has 0 aliphatic rings. The summed E-state index contributed by atoms with van der Waals surface area (Å²) in [7, 11) is 0. The lowest BCUT2D eigenvalue weighted by Gasteiger charge is -2.12. The van der Waals surface area contributed by atoms with Crippen LogP contribution in [0.4, 0.5) is 0 Å². The summed E-state index contributed by atoms with van der Waals surface area (Å²) in [6.45, 7) is 0. The zero-order valence-electron chi connectivity index (χ0n) is 37.2. The SMILES string of the molecule is c1ccc(-c2nc(-c3ccccc3)nc(-c3cccc(-c4cccc(-n5c6ccccc6c6cc(-n7c8ccccc8c8cc(-c9cccc%10c9oc9ccccc9%10)ccc87)ccc65)c4)c3)n2)cc1. The van der Waals surface area contributed by atoms with Gasteiger partial charge in [-0.1, -0.05) is 170 Å². The lowest BCUT2D eigenvalue weighted by atomic mass is 10.0. The number of fused-ring (bicyclic) bond motifs is 9. The summed E-state index contributed by atoms with van der Waals surface area (Å²) in [5, 5.41) is 7.05. The molecule has 6 nitrogen and oxygen atoms in total. The lowest BCUT2D eigenvalue weighted by Crippen LogP contribution is -2.00. The van der Waals surface area contributed by atoms with Gasteiger partial charge in [0.25, 0.3) is 0 Å². The van der Waals surface area contributed by atoms with Gasteiger partial charge in [-0.05, 0) is 83.4 Å². The Morgan fingerprint density at radius 1 is 0.275 bits per heavy atom. The number of rotatable bonds is 7. The zero-order valence-corrected chi connectivity index (χ0v) is 37.2. The van der Waals surface area contributed by atoms with E-state index in [1.807, 2.05) is 72.8 Å². The van der Waals surface area contributed by atoms with E-state index in [1.54, 1.807) is 0 Å². The number of aromatic nitrogens is 5. The van der Waals surface area contributed by atoms with Gasteiger partial charge in [0.15, 0.2) is 17.5 Å². The van der Waals surface area contributed by atoms with Crippen LogP contribution in [0.2, 0.25) is 0 Å². The zero-order chi connectivity index (χ0) is 45.4. The predicted molar refractivity (Wildman–Crippen MR) is 283 cm³/mol. The van der Waals surface area contributed by atoms with Crippen LogP contribution >= 0.6 is 0 Å². The molecule has 322 valence electrons. The third-order valence-corrected chi connectivity index (χ3v) is 13.6. The van der Waals surface area contributed by atoms with Gasteiger partial charge in [-0.15, -0.1) is 0 Å². The van der Waals surface area contributed by atoms with Crippen molar-refractivity contribution in [1.82, 2.24) is 24.1 Å². The number of furan rings is 1. The standard InChI is InChI=1S/C63H39N5O/c1-3-16-40(17-4-1)61-64-62(41-18-5-2-6-19-41)66-63(65-61)45-22-13-20-42(36-45)43-21-14-23-46(37-43)67-56-30-11-8-25-50(56)54-39-47(33-35-58(54)67)68-55-29-10-7-24-49(55)53-38-44(32-34-57(53)68)48-27-15-28-52-51-26-9-12-31-59(51)69-60(48)52/h1-39H. The van der Waals surface area contributed by atoms with Gasteiger partial charge in [0, 0.05) is 65.9 Å².